The van der Waals surface area contributed by atoms with Crippen LogP contribution in [0.3, 0.4) is 0 Å². The molecule has 3 aromatic rings. The molecular weight excluding hydrogens is 389 g/mol. The van der Waals surface area contributed by atoms with E-state index in [0.29, 0.717) is 5.02 Å². The van der Waals surface area contributed by atoms with Gasteiger partial charge in [0.15, 0.2) is 0 Å². The van der Waals surface area contributed by atoms with Crippen LogP contribution in [-0.4, -0.2) is 51.8 Å². The molecule has 5 nitrogen and oxygen atoms in total. The molecule has 4 rings (SSSR count). The number of nitrogens with zero attached hydrogens (tertiary/aromatic N) is 5. The average molecular weight is 412 g/mol. The Morgan fingerprint density at radius 1 is 1.04 bits per heavy atom. The van der Waals surface area contributed by atoms with E-state index in [2.05, 4.69) is 43.5 Å². The maximum atomic E-state index is 5.89. The van der Waals surface area contributed by atoms with Gasteiger partial charge in [-0.05, 0) is 43.1 Å². The summed E-state index contributed by atoms with van der Waals surface area (Å²) in [5, 5.41) is 6.23. The van der Waals surface area contributed by atoms with Gasteiger partial charge in [-0.15, -0.1) is 12.4 Å². The first-order valence-corrected chi connectivity index (χ1v) is 9.94. The number of halogens is 2. The van der Waals surface area contributed by atoms with E-state index in [0.717, 1.165) is 51.5 Å². The van der Waals surface area contributed by atoms with Crippen molar-refractivity contribution in [1.82, 2.24) is 19.1 Å². The van der Waals surface area contributed by atoms with E-state index in [-0.39, 0.29) is 12.4 Å². The van der Waals surface area contributed by atoms with Crippen molar-refractivity contribution in [2.24, 2.45) is 0 Å². The summed E-state index contributed by atoms with van der Waals surface area (Å²) >= 11 is 7.49. The van der Waals surface area contributed by atoms with Gasteiger partial charge in [0.1, 0.15) is 5.82 Å². The average Bonchev–Trinajstić information content (AvgIpc) is 3.25. The van der Waals surface area contributed by atoms with E-state index in [4.69, 9.17) is 11.6 Å². The van der Waals surface area contributed by atoms with Crippen molar-refractivity contribution in [3.63, 3.8) is 0 Å². The van der Waals surface area contributed by atoms with Crippen molar-refractivity contribution in [3.05, 3.63) is 41.7 Å². The Morgan fingerprint density at radius 2 is 1.81 bits per heavy atom. The quantitative estimate of drug-likeness (QED) is 0.570. The molecule has 0 unspecified atom stereocenters. The Kier molecular flexibility index (Phi) is 6.75. The van der Waals surface area contributed by atoms with Crippen LogP contribution in [0, 0.1) is 0 Å². The van der Waals surface area contributed by atoms with E-state index in [1.807, 2.05) is 10.9 Å². The minimum atomic E-state index is 0. The molecule has 0 spiro atoms. The summed E-state index contributed by atoms with van der Waals surface area (Å²) in [5.41, 5.74) is 0. The smallest absolute Gasteiger partial charge is 0.150 e. The zero-order valence-electron chi connectivity index (χ0n) is 14.6. The van der Waals surface area contributed by atoms with Gasteiger partial charge in [0, 0.05) is 44.3 Å². The van der Waals surface area contributed by atoms with Gasteiger partial charge in [0.05, 0.1) is 15.9 Å². The molecule has 26 heavy (non-hydrogen) atoms. The van der Waals surface area contributed by atoms with Gasteiger partial charge in [-0.2, -0.15) is 9.47 Å². The first-order chi connectivity index (χ1) is 12.3. The third-order valence-electron chi connectivity index (χ3n) is 4.74. The highest BCUT2D eigenvalue weighted by atomic mass is 35.5. The third-order valence-corrected chi connectivity index (χ3v) is 5.76. The maximum absolute atomic E-state index is 5.89. The van der Waals surface area contributed by atoms with Crippen molar-refractivity contribution in [2.45, 2.75) is 19.4 Å². The Balaban J connectivity index is 0.00000196. The molecule has 8 heteroatoms. The van der Waals surface area contributed by atoms with Crippen molar-refractivity contribution in [2.75, 3.05) is 37.6 Å². The van der Waals surface area contributed by atoms with Crippen LogP contribution in [0.5, 0.6) is 0 Å². The molecule has 1 saturated heterocycles. The SMILES string of the molecule is Cl.Clc1cnn(CCCCN2CCN(c3nsc4ccccc34)CC2)c1. The number of benzene rings is 1. The number of aromatic nitrogens is 3. The molecule has 0 bridgehead atoms. The second-order valence-corrected chi connectivity index (χ2v) is 7.70. The Morgan fingerprint density at radius 3 is 2.58 bits per heavy atom. The van der Waals surface area contributed by atoms with Crippen LogP contribution in [0.2, 0.25) is 5.02 Å². The summed E-state index contributed by atoms with van der Waals surface area (Å²) in [4.78, 5) is 4.99. The van der Waals surface area contributed by atoms with Crippen LogP contribution in [0.15, 0.2) is 36.7 Å². The van der Waals surface area contributed by atoms with Crippen molar-refractivity contribution >= 4 is 51.4 Å². The molecule has 1 aliphatic heterocycles. The van der Waals surface area contributed by atoms with E-state index in [1.165, 1.54) is 16.5 Å². The molecule has 0 radical (unpaired) electrons. The number of hydrogen-bond donors (Lipinski definition) is 0. The number of anilines is 1. The Labute approximate surface area is 169 Å². The topological polar surface area (TPSA) is 37.2 Å². The predicted molar refractivity (Wildman–Crippen MR) is 112 cm³/mol. The van der Waals surface area contributed by atoms with Gasteiger partial charge < -0.3 is 4.90 Å². The lowest BCUT2D eigenvalue weighted by atomic mass is 10.2. The Bertz CT molecular complexity index is 826. The van der Waals surface area contributed by atoms with E-state index in [9.17, 15) is 0 Å². The zero-order valence-corrected chi connectivity index (χ0v) is 16.9. The normalized spacial score (nSPS) is 15.3. The molecule has 0 atom stereocenters. The highest BCUT2D eigenvalue weighted by Crippen LogP contribution is 2.29. The summed E-state index contributed by atoms with van der Waals surface area (Å²) in [5.74, 6) is 1.16. The van der Waals surface area contributed by atoms with E-state index >= 15 is 0 Å². The number of hydrogen-bond acceptors (Lipinski definition) is 5. The number of unbranched alkanes of at least 4 members (excludes halogenated alkanes) is 1. The van der Waals surface area contributed by atoms with Crippen molar-refractivity contribution in [3.8, 4) is 0 Å². The standard InChI is InChI=1S/C18H22ClN5S.ClH/c19-15-13-20-24(14-15)8-4-3-7-22-9-11-23(12-10-22)18-16-5-1-2-6-17(16)25-21-18;/h1-2,5-6,13-14H,3-4,7-12H2;1H. The molecular formula is C18H23Cl2N5S. The van der Waals surface area contributed by atoms with Gasteiger partial charge >= 0.3 is 0 Å². The summed E-state index contributed by atoms with van der Waals surface area (Å²) in [6.45, 7) is 6.43. The molecule has 0 saturated carbocycles. The molecule has 1 fully saturated rings. The maximum Gasteiger partial charge on any atom is 0.150 e. The molecule has 3 heterocycles. The second-order valence-electron chi connectivity index (χ2n) is 6.46. The monoisotopic (exact) mass is 411 g/mol. The summed E-state index contributed by atoms with van der Waals surface area (Å²) in [6, 6.07) is 8.52. The van der Waals surface area contributed by atoms with Gasteiger partial charge in [-0.1, -0.05) is 23.7 Å². The van der Waals surface area contributed by atoms with Crippen LogP contribution in [0.1, 0.15) is 12.8 Å². The lowest BCUT2D eigenvalue weighted by molar-refractivity contribution is 0.250. The minimum Gasteiger partial charge on any atom is -0.353 e. The third kappa shape index (κ3) is 4.49. The largest absolute Gasteiger partial charge is 0.353 e. The molecule has 0 amide bonds. The fraction of sp³-hybridized carbons (Fsp3) is 0.444. The lowest BCUT2D eigenvalue weighted by Crippen LogP contribution is -2.46. The van der Waals surface area contributed by atoms with Crippen LogP contribution in [0.25, 0.3) is 10.1 Å². The molecule has 1 aliphatic rings. The first-order valence-electron chi connectivity index (χ1n) is 8.79. The molecule has 0 aliphatic carbocycles. The molecule has 0 N–H and O–H groups in total. The molecule has 1 aromatic carbocycles. The number of piperazine rings is 1. The van der Waals surface area contributed by atoms with E-state index < -0.39 is 0 Å². The lowest BCUT2D eigenvalue weighted by Gasteiger charge is -2.35. The molecule has 2 aromatic heterocycles. The van der Waals surface area contributed by atoms with E-state index in [1.54, 1.807) is 17.7 Å². The molecule has 140 valence electrons. The van der Waals surface area contributed by atoms with Gasteiger partial charge in [-0.25, -0.2) is 0 Å². The summed E-state index contributed by atoms with van der Waals surface area (Å²) < 4.78 is 7.88. The first kappa shape index (κ1) is 19.4. The van der Waals surface area contributed by atoms with Crippen LogP contribution >= 0.6 is 35.5 Å². The highest BCUT2D eigenvalue weighted by molar-refractivity contribution is 7.13. The zero-order chi connectivity index (χ0) is 17.1. The fourth-order valence-electron chi connectivity index (χ4n) is 3.35. The van der Waals surface area contributed by atoms with Gasteiger partial charge in [0.25, 0.3) is 0 Å². The van der Waals surface area contributed by atoms with Crippen LogP contribution < -0.4 is 4.90 Å². The highest BCUT2D eigenvalue weighted by Gasteiger charge is 2.20. The second kappa shape index (κ2) is 9.04. The predicted octanol–water partition coefficient (Wildman–Crippen LogP) is 4.17. The number of aryl methyl sites for hydroxylation is 1. The van der Waals surface area contributed by atoms with Gasteiger partial charge in [-0.3, -0.25) is 9.58 Å². The van der Waals surface area contributed by atoms with Gasteiger partial charge in [0.2, 0.25) is 0 Å². The van der Waals surface area contributed by atoms with Crippen LogP contribution in [0.4, 0.5) is 5.82 Å². The number of rotatable bonds is 6. The fourth-order valence-corrected chi connectivity index (χ4v) is 4.31. The summed E-state index contributed by atoms with van der Waals surface area (Å²) in [6.07, 6.45) is 5.91. The minimum absolute atomic E-state index is 0. The Hall–Kier alpha value is -1.34. The number of fused-ring (bicyclic) bond motifs is 1. The van der Waals surface area contributed by atoms with Crippen molar-refractivity contribution in [1.29, 1.82) is 0 Å². The van der Waals surface area contributed by atoms with Crippen LogP contribution in [-0.2, 0) is 6.54 Å². The van der Waals surface area contributed by atoms with Crippen molar-refractivity contribution < 1.29 is 0 Å². The summed E-state index contributed by atoms with van der Waals surface area (Å²) in [7, 11) is 0.